The molecule has 0 aliphatic carbocycles. The quantitative estimate of drug-likeness (QED) is 0.716. The lowest BCUT2D eigenvalue weighted by atomic mass is 10.2. The number of ether oxygens (including phenoxy) is 1. The Hall–Kier alpha value is -0.980. The molecule has 1 unspecified atom stereocenters. The van der Waals surface area contributed by atoms with E-state index in [1.807, 2.05) is 0 Å². The number of hydrogen-bond donors (Lipinski definition) is 1. The highest BCUT2D eigenvalue weighted by atomic mass is 19.4. The van der Waals surface area contributed by atoms with Gasteiger partial charge in [0.1, 0.15) is 11.6 Å². The van der Waals surface area contributed by atoms with Crippen LogP contribution in [0, 0.1) is 0 Å². The molecule has 100 valence electrons. The molecule has 4 nitrogen and oxygen atoms in total. The van der Waals surface area contributed by atoms with E-state index in [1.165, 1.54) is 0 Å². The number of nitrogens with one attached hydrogen (secondary N) is 1. The number of halogens is 3. The molecule has 1 aliphatic rings. The van der Waals surface area contributed by atoms with Crippen LogP contribution >= 0.6 is 0 Å². The number of piperazine rings is 1. The zero-order valence-electron chi connectivity index (χ0n) is 10.1. The van der Waals surface area contributed by atoms with E-state index in [4.69, 9.17) is 4.74 Å². The Morgan fingerprint density at radius 2 is 1.94 bits per heavy atom. The van der Waals surface area contributed by atoms with Crippen LogP contribution in [-0.2, 0) is 4.74 Å². The Bertz CT molecular complexity index is 286. The van der Waals surface area contributed by atoms with Gasteiger partial charge in [0.05, 0.1) is 0 Å². The highest BCUT2D eigenvalue weighted by Crippen LogP contribution is 2.23. The second-order valence-electron chi connectivity index (χ2n) is 4.97. The van der Waals surface area contributed by atoms with Gasteiger partial charge in [-0.2, -0.15) is 13.2 Å². The minimum Gasteiger partial charge on any atom is -0.444 e. The molecular formula is C10H17F3N2O2. The van der Waals surface area contributed by atoms with Crippen molar-refractivity contribution in [1.29, 1.82) is 0 Å². The minimum absolute atomic E-state index is 0.115. The van der Waals surface area contributed by atoms with Gasteiger partial charge in [-0.15, -0.1) is 0 Å². The second kappa shape index (κ2) is 4.72. The van der Waals surface area contributed by atoms with Gasteiger partial charge in [0.2, 0.25) is 0 Å². The number of carbonyl (C=O) groups excluding carboxylic acids is 1. The van der Waals surface area contributed by atoms with Crippen LogP contribution in [0.1, 0.15) is 20.8 Å². The molecule has 0 spiro atoms. The summed E-state index contributed by atoms with van der Waals surface area (Å²) in [5.41, 5.74) is -0.699. The summed E-state index contributed by atoms with van der Waals surface area (Å²) in [5, 5.41) is 2.33. The maximum Gasteiger partial charge on any atom is 0.410 e. The zero-order chi connectivity index (χ0) is 13.3. The normalized spacial score (nSPS) is 22.5. The average Bonchev–Trinajstić information content (AvgIpc) is 2.14. The standard InChI is InChI=1S/C10H17F3N2O2/c1-9(2,3)17-8(16)15-5-4-14-7(6-15)10(11,12)13/h7,14H,4-6H2,1-3H3. The summed E-state index contributed by atoms with van der Waals surface area (Å²) in [5.74, 6) is 0. The third-order valence-electron chi connectivity index (χ3n) is 2.22. The largest absolute Gasteiger partial charge is 0.444 e. The summed E-state index contributed by atoms with van der Waals surface area (Å²) < 4.78 is 42.5. The van der Waals surface area contributed by atoms with Crippen molar-refractivity contribution >= 4 is 6.09 Å². The summed E-state index contributed by atoms with van der Waals surface area (Å²) in [4.78, 5) is 12.7. The highest BCUT2D eigenvalue weighted by molar-refractivity contribution is 5.68. The lowest BCUT2D eigenvalue weighted by Crippen LogP contribution is -2.58. The molecule has 1 heterocycles. The van der Waals surface area contributed by atoms with Crippen LogP contribution in [0.3, 0.4) is 0 Å². The van der Waals surface area contributed by atoms with Gasteiger partial charge in [-0.05, 0) is 20.8 Å². The van der Waals surface area contributed by atoms with Crippen molar-refractivity contribution in [3.8, 4) is 0 Å². The Morgan fingerprint density at radius 1 is 1.35 bits per heavy atom. The summed E-state index contributed by atoms with van der Waals surface area (Å²) in [6.45, 7) is 4.96. The molecule has 17 heavy (non-hydrogen) atoms. The second-order valence-corrected chi connectivity index (χ2v) is 4.97. The topological polar surface area (TPSA) is 41.6 Å². The fraction of sp³-hybridized carbons (Fsp3) is 0.900. The monoisotopic (exact) mass is 254 g/mol. The van der Waals surface area contributed by atoms with Crippen LogP contribution in [0.2, 0.25) is 0 Å². The molecule has 1 aliphatic heterocycles. The molecule has 0 radical (unpaired) electrons. The summed E-state index contributed by atoms with van der Waals surface area (Å²) in [6.07, 6.45) is -5.05. The molecule has 0 bridgehead atoms. The first-order valence-corrected chi connectivity index (χ1v) is 5.37. The van der Waals surface area contributed by atoms with E-state index in [9.17, 15) is 18.0 Å². The zero-order valence-corrected chi connectivity index (χ0v) is 10.1. The van der Waals surface area contributed by atoms with Crippen LogP contribution < -0.4 is 5.32 Å². The highest BCUT2D eigenvalue weighted by Gasteiger charge is 2.43. The predicted molar refractivity (Wildman–Crippen MR) is 55.7 cm³/mol. The summed E-state index contributed by atoms with van der Waals surface area (Å²) in [6, 6.07) is -1.68. The van der Waals surface area contributed by atoms with Crippen LogP contribution in [0.5, 0.6) is 0 Å². The first kappa shape index (κ1) is 14.1. The lowest BCUT2D eigenvalue weighted by Gasteiger charge is -2.35. The van der Waals surface area contributed by atoms with Crippen molar-refractivity contribution in [3.63, 3.8) is 0 Å². The van der Waals surface area contributed by atoms with Gasteiger partial charge in [0.15, 0.2) is 0 Å². The molecule has 0 aromatic rings. The molecule has 0 aromatic carbocycles. The molecule has 1 atom stereocenters. The summed E-state index contributed by atoms with van der Waals surface area (Å²) >= 11 is 0. The summed E-state index contributed by atoms with van der Waals surface area (Å²) in [7, 11) is 0. The Morgan fingerprint density at radius 3 is 2.41 bits per heavy atom. The Balaban J connectivity index is 2.58. The molecule has 1 saturated heterocycles. The van der Waals surface area contributed by atoms with E-state index in [0.717, 1.165) is 4.90 Å². The van der Waals surface area contributed by atoms with Gasteiger partial charge in [0.25, 0.3) is 0 Å². The molecular weight excluding hydrogens is 237 g/mol. The molecule has 1 rings (SSSR count). The van der Waals surface area contributed by atoms with Crippen LogP contribution in [0.4, 0.5) is 18.0 Å². The number of hydrogen-bond acceptors (Lipinski definition) is 3. The van der Waals surface area contributed by atoms with Crippen molar-refractivity contribution in [1.82, 2.24) is 10.2 Å². The lowest BCUT2D eigenvalue weighted by molar-refractivity contribution is -0.163. The molecule has 0 saturated carbocycles. The molecule has 7 heteroatoms. The van der Waals surface area contributed by atoms with Crippen molar-refractivity contribution in [2.24, 2.45) is 0 Å². The van der Waals surface area contributed by atoms with E-state index >= 15 is 0 Å². The molecule has 1 fully saturated rings. The molecule has 0 aromatic heterocycles. The number of carbonyl (C=O) groups is 1. The van der Waals surface area contributed by atoms with Crippen LogP contribution in [0.25, 0.3) is 0 Å². The molecule has 1 N–H and O–H groups in total. The minimum atomic E-state index is -4.35. The number of alkyl halides is 3. The van der Waals surface area contributed by atoms with Gasteiger partial charge >= 0.3 is 12.3 Å². The number of amides is 1. The van der Waals surface area contributed by atoms with Crippen molar-refractivity contribution in [2.75, 3.05) is 19.6 Å². The van der Waals surface area contributed by atoms with Crippen LogP contribution in [0.15, 0.2) is 0 Å². The van der Waals surface area contributed by atoms with Crippen LogP contribution in [-0.4, -0.2) is 48.4 Å². The van der Waals surface area contributed by atoms with Crippen molar-refractivity contribution in [3.05, 3.63) is 0 Å². The van der Waals surface area contributed by atoms with E-state index < -0.39 is 30.5 Å². The van der Waals surface area contributed by atoms with Gasteiger partial charge in [-0.25, -0.2) is 4.79 Å². The van der Waals surface area contributed by atoms with Crippen molar-refractivity contribution in [2.45, 2.75) is 38.6 Å². The Kier molecular flexibility index (Phi) is 3.91. The maximum absolute atomic E-state index is 12.5. The number of rotatable bonds is 0. The maximum atomic E-state index is 12.5. The van der Waals surface area contributed by atoms with Gasteiger partial charge < -0.3 is 15.0 Å². The third-order valence-corrected chi connectivity index (χ3v) is 2.22. The molecule has 1 amide bonds. The fourth-order valence-corrected chi connectivity index (χ4v) is 1.46. The van der Waals surface area contributed by atoms with E-state index in [2.05, 4.69) is 5.32 Å². The Labute approximate surface area is 98.1 Å². The van der Waals surface area contributed by atoms with Crippen molar-refractivity contribution < 1.29 is 22.7 Å². The first-order valence-electron chi connectivity index (χ1n) is 5.37. The van der Waals surface area contributed by atoms with E-state index in [0.29, 0.717) is 0 Å². The SMILES string of the molecule is CC(C)(C)OC(=O)N1CCNC(C(F)(F)F)C1. The first-order chi connectivity index (χ1) is 7.59. The van der Waals surface area contributed by atoms with Gasteiger partial charge in [-0.3, -0.25) is 0 Å². The third kappa shape index (κ3) is 4.41. The van der Waals surface area contributed by atoms with E-state index in [1.54, 1.807) is 20.8 Å². The average molecular weight is 254 g/mol. The van der Waals surface area contributed by atoms with Gasteiger partial charge in [0, 0.05) is 19.6 Å². The van der Waals surface area contributed by atoms with E-state index in [-0.39, 0.29) is 13.1 Å². The van der Waals surface area contributed by atoms with Gasteiger partial charge in [-0.1, -0.05) is 0 Å². The fourth-order valence-electron chi connectivity index (χ4n) is 1.46. The smallest absolute Gasteiger partial charge is 0.410 e. The number of nitrogens with zero attached hydrogens (tertiary/aromatic N) is 1. The predicted octanol–water partition coefficient (Wildman–Crippen LogP) is 1.76.